The molecule has 1 fully saturated rings. The number of hydrogen-bond acceptors (Lipinski definition) is 5. The van der Waals surface area contributed by atoms with Gasteiger partial charge in [-0.1, -0.05) is 68.1 Å². The fourth-order valence-corrected chi connectivity index (χ4v) is 5.82. The topological polar surface area (TPSA) is 84.6 Å². The number of nitrogens with zero attached hydrogens (tertiary/aromatic N) is 5. The number of aliphatic imine (C=N–C) groups is 1. The molecule has 1 aliphatic rings. The third-order valence-corrected chi connectivity index (χ3v) is 8.36. The number of allylic oxidation sites excluding steroid dienone is 2. The molecule has 5 rings (SSSR count). The summed E-state index contributed by atoms with van der Waals surface area (Å²) >= 11 is 1.59. The van der Waals surface area contributed by atoms with Crippen LogP contribution in [0.1, 0.15) is 51.2 Å². The first-order valence-electron chi connectivity index (χ1n) is 14.4. The molecule has 0 atom stereocenters. The maximum atomic E-state index is 13.0. The van der Waals surface area contributed by atoms with Gasteiger partial charge in [0.25, 0.3) is 0 Å². The largest absolute Gasteiger partial charge is 0.573 e. The van der Waals surface area contributed by atoms with Crippen molar-refractivity contribution in [2.45, 2.75) is 46.4 Å². The fourth-order valence-electron chi connectivity index (χ4n) is 4.87. The molecule has 0 bridgehead atoms. The highest BCUT2D eigenvalue weighted by Crippen LogP contribution is 2.32. The van der Waals surface area contributed by atoms with Gasteiger partial charge in [0.05, 0.1) is 5.69 Å². The molecular weight excluding hydrogens is 601 g/mol. The van der Waals surface area contributed by atoms with Crippen LogP contribution in [-0.2, 0) is 0 Å². The normalized spacial score (nSPS) is 15.3. The van der Waals surface area contributed by atoms with E-state index in [9.17, 15) is 18.0 Å². The molecule has 4 aromatic rings. The third kappa shape index (κ3) is 7.93. The molecule has 0 saturated carbocycles. The third-order valence-electron chi connectivity index (χ3n) is 7.29. The molecule has 8 nitrogen and oxygen atoms in total. The average molecular weight is 635 g/mol. The maximum absolute atomic E-state index is 13.0. The van der Waals surface area contributed by atoms with Crippen molar-refractivity contribution in [3.63, 3.8) is 0 Å². The van der Waals surface area contributed by atoms with Crippen molar-refractivity contribution in [3.05, 3.63) is 95.9 Å². The molecule has 1 saturated heterocycles. The Morgan fingerprint density at radius 1 is 1.02 bits per heavy atom. The highest BCUT2D eigenvalue weighted by Gasteiger charge is 2.31. The summed E-state index contributed by atoms with van der Waals surface area (Å²) in [5.74, 6) is 1.39. The quantitative estimate of drug-likeness (QED) is 0.220. The molecular formula is C33H33F3N6O2S. The van der Waals surface area contributed by atoms with Gasteiger partial charge in [-0.05, 0) is 73.2 Å². The number of thioether (sulfide) groups is 1. The second-order valence-electron chi connectivity index (χ2n) is 10.8. The van der Waals surface area contributed by atoms with Crippen LogP contribution in [0.25, 0.3) is 22.6 Å². The molecule has 1 N–H and O–H groups in total. The van der Waals surface area contributed by atoms with E-state index in [2.05, 4.69) is 56.0 Å². The van der Waals surface area contributed by atoms with Gasteiger partial charge in [-0.3, -0.25) is 0 Å². The molecule has 1 aromatic heterocycles. The lowest BCUT2D eigenvalue weighted by atomic mass is 10.0. The van der Waals surface area contributed by atoms with E-state index in [0.717, 1.165) is 41.1 Å². The lowest BCUT2D eigenvalue weighted by Crippen LogP contribution is -2.36. The number of para-hydroxylation sites is 1. The maximum Gasteiger partial charge on any atom is 0.573 e. The Morgan fingerprint density at radius 2 is 1.73 bits per heavy atom. The second-order valence-corrected chi connectivity index (χ2v) is 11.8. The molecule has 234 valence electrons. The molecule has 3 aromatic carbocycles. The van der Waals surface area contributed by atoms with Crippen LogP contribution < -0.4 is 15.0 Å². The predicted molar refractivity (Wildman–Crippen MR) is 173 cm³/mol. The first-order chi connectivity index (χ1) is 21.5. The molecule has 2 heterocycles. The molecule has 2 amide bonds. The van der Waals surface area contributed by atoms with Gasteiger partial charge in [-0.25, -0.2) is 14.5 Å². The summed E-state index contributed by atoms with van der Waals surface area (Å²) in [5.41, 5.74) is 6.07. The van der Waals surface area contributed by atoms with Crippen molar-refractivity contribution in [2.24, 2.45) is 4.99 Å². The van der Waals surface area contributed by atoms with Gasteiger partial charge < -0.3 is 15.0 Å². The molecule has 0 unspecified atom stereocenters. The van der Waals surface area contributed by atoms with Gasteiger partial charge in [0.15, 0.2) is 11.0 Å². The lowest BCUT2D eigenvalue weighted by molar-refractivity contribution is -0.274. The number of halogens is 3. The molecule has 0 radical (unpaired) electrons. The minimum atomic E-state index is -4.75. The predicted octanol–water partition coefficient (Wildman–Crippen LogP) is 8.42. The number of nitrogens with one attached hydrogen (secondary N) is 1. The van der Waals surface area contributed by atoms with Crippen molar-refractivity contribution in [3.8, 4) is 22.8 Å². The number of carbonyl (C=O) groups is 1. The summed E-state index contributed by atoms with van der Waals surface area (Å²) in [6, 6.07) is 20.8. The monoisotopic (exact) mass is 634 g/mol. The standard InChI is InChI=1S/C33H33F3N6O2S/c1-21(2)28-8-5-6-9-29(28)41-18-7-19-45-32(41)39-31(43)38-23(4)22(3)24-10-12-25(13-11-24)30-37-20-42(40-30)26-14-16-27(17-15-26)44-33(34,35)36/h5-6,8-17,20-21H,7,18-19H2,1-4H3,(H,38,43)/b23-22+,39-32?. The van der Waals surface area contributed by atoms with Gasteiger partial charge in [-0.15, -0.1) is 18.3 Å². The van der Waals surface area contributed by atoms with E-state index in [1.54, 1.807) is 11.8 Å². The van der Waals surface area contributed by atoms with E-state index in [0.29, 0.717) is 28.3 Å². The Balaban J connectivity index is 1.27. The second kappa shape index (κ2) is 13.6. The number of rotatable bonds is 7. The van der Waals surface area contributed by atoms with Gasteiger partial charge >= 0.3 is 12.4 Å². The van der Waals surface area contributed by atoms with Crippen molar-refractivity contribution < 1.29 is 22.7 Å². The zero-order valence-electron chi connectivity index (χ0n) is 25.3. The first kappa shape index (κ1) is 31.8. The number of benzene rings is 3. The Hall–Kier alpha value is -4.58. The van der Waals surface area contributed by atoms with Crippen LogP contribution in [0.3, 0.4) is 0 Å². The zero-order valence-corrected chi connectivity index (χ0v) is 26.1. The summed E-state index contributed by atoms with van der Waals surface area (Å²) in [4.78, 5) is 24.0. The summed E-state index contributed by atoms with van der Waals surface area (Å²) in [6.07, 6.45) is -2.26. The van der Waals surface area contributed by atoms with Gasteiger partial charge in [0.1, 0.15) is 12.1 Å². The van der Waals surface area contributed by atoms with E-state index in [1.807, 2.05) is 50.2 Å². The number of ether oxygens (including phenoxy) is 1. The van der Waals surface area contributed by atoms with Crippen molar-refractivity contribution in [1.82, 2.24) is 20.1 Å². The number of anilines is 1. The smallest absolute Gasteiger partial charge is 0.406 e. The van der Waals surface area contributed by atoms with Crippen molar-refractivity contribution in [2.75, 3.05) is 17.2 Å². The van der Waals surface area contributed by atoms with Crippen LogP contribution in [0.5, 0.6) is 5.75 Å². The van der Waals surface area contributed by atoms with Gasteiger partial charge in [0.2, 0.25) is 0 Å². The molecule has 12 heteroatoms. The fraction of sp³-hybridized carbons (Fsp3) is 0.273. The van der Waals surface area contributed by atoms with E-state index in [1.165, 1.54) is 40.8 Å². The van der Waals surface area contributed by atoms with Gasteiger partial charge in [-0.2, -0.15) is 4.99 Å². The Kier molecular flexibility index (Phi) is 9.62. The van der Waals surface area contributed by atoms with E-state index < -0.39 is 12.4 Å². The van der Waals surface area contributed by atoms with Crippen LogP contribution in [0.4, 0.5) is 23.7 Å². The van der Waals surface area contributed by atoms with Crippen LogP contribution in [0.15, 0.2) is 89.8 Å². The molecule has 45 heavy (non-hydrogen) atoms. The van der Waals surface area contributed by atoms with Gasteiger partial charge in [0, 0.05) is 29.2 Å². The van der Waals surface area contributed by atoms with E-state index in [4.69, 9.17) is 0 Å². The summed E-state index contributed by atoms with van der Waals surface area (Å²) in [6.45, 7) is 8.90. The minimum absolute atomic E-state index is 0.313. The molecule has 1 aliphatic heterocycles. The highest BCUT2D eigenvalue weighted by molar-refractivity contribution is 8.14. The lowest BCUT2D eigenvalue weighted by Gasteiger charge is -2.31. The number of alkyl halides is 3. The molecule has 0 aliphatic carbocycles. The molecule has 0 spiro atoms. The Bertz CT molecular complexity index is 1710. The summed E-state index contributed by atoms with van der Waals surface area (Å²) in [7, 11) is 0. The average Bonchev–Trinajstić information content (AvgIpc) is 3.51. The Morgan fingerprint density at radius 3 is 2.42 bits per heavy atom. The number of aromatic nitrogens is 3. The highest BCUT2D eigenvalue weighted by atomic mass is 32.2. The number of amides is 2. The summed E-state index contributed by atoms with van der Waals surface area (Å²) in [5, 5.41) is 8.08. The SMILES string of the molecule is C/C(NC(=O)N=C1SCCCN1c1ccccc1C(C)C)=C(/C)c1ccc(-c2ncn(-c3ccc(OC(F)(F)F)cc3)n2)cc1. The first-order valence-corrected chi connectivity index (χ1v) is 15.4. The van der Waals surface area contributed by atoms with E-state index >= 15 is 0 Å². The van der Waals surface area contributed by atoms with Crippen LogP contribution in [-0.4, -0.2) is 44.6 Å². The zero-order chi connectivity index (χ0) is 32.1. The van der Waals surface area contributed by atoms with E-state index in [-0.39, 0.29) is 5.75 Å². The number of hydrogen-bond donors (Lipinski definition) is 1. The number of amidine groups is 1. The van der Waals surface area contributed by atoms with Crippen molar-refractivity contribution in [1.29, 1.82) is 0 Å². The number of carbonyl (C=O) groups excluding carboxylic acids is 1. The minimum Gasteiger partial charge on any atom is -0.406 e. The van der Waals surface area contributed by atoms with Crippen LogP contribution in [0.2, 0.25) is 0 Å². The van der Waals surface area contributed by atoms with Crippen LogP contribution >= 0.6 is 11.8 Å². The number of urea groups is 1. The van der Waals surface area contributed by atoms with Crippen LogP contribution in [0, 0.1) is 0 Å². The summed E-state index contributed by atoms with van der Waals surface area (Å²) < 4.78 is 42.7. The Labute approximate surface area is 264 Å². The van der Waals surface area contributed by atoms with Crippen molar-refractivity contribution >= 4 is 34.2 Å².